The molecule has 0 aliphatic rings. The van der Waals surface area contributed by atoms with Crippen LogP contribution < -0.4 is 0 Å². The number of rotatable bonds is 4. The van der Waals surface area contributed by atoms with E-state index in [1.807, 2.05) is 111 Å². The minimum absolute atomic E-state index is 0.0645. The molecule has 0 radical (unpaired) electrons. The predicted molar refractivity (Wildman–Crippen MR) is 395 cm³/mol. The van der Waals surface area contributed by atoms with Crippen molar-refractivity contribution in [3.8, 4) is 44.5 Å². The number of aryl methyl sites for hydroxylation is 4. The summed E-state index contributed by atoms with van der Waals surface area (Å²) in [5.41, 5.74) is 15.3. The Kier molecular flexibility index (Phi) is 32.0. The minimum Gasteiger partial charge on any atom is -0.207 e. The maximum absolute atomic E-state index is 13.3. The molecule has 0 nitrogen and oxygen atoms in total. The van der Waals surface area contributed by atoms with Crippen molar-refractivity contribution in [1.82, 2.24) is 0 Å². The van der Waals surface area contributed by atoms with Crippen LogP contribution in [-0.2, 0) is 5.41 Å². The Morgan fingerprint density at radius 2 is 0.582 bits per heavy atom. The van der Waals surface area contributed by atoms with E-state index in [4.69, 9.17) is 23.2 Å². The zero-order chi connectivity index (χ0) is 72.4. The average Bonchev–Trinajstić information content (AvgIpc) is 0.824. The van der Waals surface area contributed by atoms with Crippen molar-refractivity contribution >= 4 is 55.1 Å². The topological polar surface area (TPSA) is 0 Å². The van der Waals surface area contributed by atoms with Crippen LogP contribution in [0, 0.1) is 114 Å². The molecule has 0 unspecified atom stereocenters. The van der Waals surface area contributed by atoms with Gasteiger partial charge in [0.15, 0.2) is 23.3 Å². The van der Waals surface area contributed by atoms with Crippen LogP contribution in [0.4, 0.5) is 43.9 Å². The van der Waals surface area contributed by atoms with Gasteiger partial charge in [0.05, 0.1) is 0 Å². The molecule has 0 saturated carbocycles. The summed E-state index contributed by atoms with van der Waals surface area (Å²) in [6.45, 7) is 20.5. The Morgan fingerprint density at radius 1 is 0.265 bits per heavy atom. The molecule has 0 bridgehead atoms. The zero-order valence-electron chi connectivity index (χ0n) is 56.0. The summed E-state index contributed by atoms with van der Waals surface area (Å²) >= 11 is 19.5. The molecule has 0 aliphatic heterocycles. The molecule has 0 heterocycles. The Morgan fingerprint density at radius 3 is 0.939 bits per heavy atom. The lowest BCUT2D eigenvalue weighted by Gasteiger charge is -2.19. The number of hydrogen-bond donors (Lipinski definition) is 0. The van der Waals surface area contributed by atoms with Gasteiger partial charge in [-0.1, -0.05) is 281 Å². The Hall–Kier alpha value is -8.52. The largest absolute Gasteiger partial charge is 0.207 e. The molecule has 0 spiro atoms. The van der Waals surface area contributed by atoms with Crippen molar-refractivity contribution in [2.24, 2.45) is 0 Å². The average molecular weight is 1500 g/mol. The SMILES string of the molecule is Cc1c(Cl)cc(-c2ccccc2)cc1Cl.Cc1c(F)c(F)c(F)c(F)c1F.Cc1c(F)cc(-c2ccccc2)cc1F.Cc1c(F)cccc1F.Cc1cc(Br)c(-c2ccc(C(C)(C)C)cc2)c(Br)c1.Cc1ccc(-c2ccccc2)cc1.Cc1ccc(F)cc1.Cc1ccccc1. The Labute approximate surface area is 596 Å². The van der Waals surface area contributed by atoms with Gasteiger partial charge in [0, 0.05) is 41.2 Å². The summed E-state index contributed by atoms with van der Waals surface area (Å²) in [5, 5.41) is 1.42. The van der Waals surface area contributed by atoms with Crippen LogP contribution in [0.1, 0.15) is 70.8 Å². The molecule has 0 atom stereocenters. The molecule has 98 heavy (non-hydrogen) atoms. The normalized spacial score (nSPS) is 10.3. The molecule has 0 aliphatic carbocycles. The minimum atomic E-state index is -2.13. The Bertz CT molecular complexity index is 4150. The van der Waals surface area contributed by atoms with Gasteiger partial charge in [-0.15, -0.1) is 0 Å². The molecule has 12 aromatic rings. The van der Waals surface area contributed by atoms with Crippen molar-refractivity contribution in [3.63, 3.8) is 0 Å². The lowest BCUT2D eigenvalue weighted by molar-refractivity contribution is 0.373. The molecule has 0 amide bonds. The van der Waals surface area contributed by atoms with E-state index >= 15 is 0 Å². The van der Waals surface area contributed by atoms with Crippen molar-refractivity contribution in [1.29, 1.82) is 0 Å². The van der Waals surface area contributed by atoms with Gasteiger partial charge in [-0.25, -0.2) is 43.9 Å². The summed E-state index contributed by atoms with van der Waals surface area (Å²) in [4.78, 5) is 0. The monoisotopic (exact) mass is 1500 g/mol. The first-order chi connectivity index (χ1) is 46.4. The van der Waals surface area contributed by atoms with E-state index in [0.717, 1.165) is 43.7 Å². The molecule has 14 heteroatoms. The number of hydrogen-bond acceptors (Lipinski definition) is 0. The highest BCUT2D eigenvalue weighted by Gasteiger charge is 2.23. The summed E-state index contributed by atoms with van der Waals surface area (Å²) in [7, 11) is 0. The maximum Gasteiger partial charge on any atom is 0.200 e. The van der Waals surface area contributed by atoms with Crippen LogP contribution in [0.15, 0.2) is 258 Å². The summed E-state index contributed by atoms with van der Waals surface area (Å²) < 4.78 is 127. The third kappa shape index (κ3) is 25.1. The standard InChI is InChI=1S/C17H18Br2.C13H10Cl2.C13H10F2.C13H12.C7H3F5.C7H6F2.C7H7F.C7H8/c1-11-9-14(18)16(15(19)10-11)12-5-7-13(8-6-12)17(2,3)4;2*1-9-12(14)7-11(8-13(9)15)10-5-3-2-4-6-10;1-11-7-9-13(10-8-11)12-5-3-2-4-6-12;1-2-3(8)5(10)7(12)6(11)4(2)9;1-5-6(8)3-2-4-7(5)9;1-6-2-4-7(8)5-3-6;1-7-5-3-2-4-6-7/h5-10H,1-4H3;2*2-8H,1H3;2-10H,1H3;1H3;2-4H,1H3;2-5H,1H3;2-6H,1H3. The lowest BCUT2D eigenvalue weighted by atomic mass is 9.86. The molecular weight excluding hydrogens is 1430 g/mol. The van der Waals surface area contributed by atoms with Crippen LogP contribution in [0.25, 0.3) is 44.5 Å². The van der Waals surface area contributed by atoms with Gasteiger partial charge in [-0.3, -0.25) is 0 Å². The second kappa shape index (κ2) is 39.2. The van der Waals surface area contributed by atoms with E-state index < -0.39 is 57.9 Å². The zero-order valence-corrected chi connectivity index (χ0v) is 60.6. The highest BCUT2D eigenvalue weighted by Crippen LogP contribution is 2.38. The van der Waals surface area contributed by atoms with Crippen molar-refractivity contribution < 1.29 is 43.9 Å². The highest BCUT2D eigenvalue weighted by molar-refractivity contribution is 9.11. The quantitative estimate of drug-likeness (QED) is 0.0936. The van der Waals surface area contributed by atoms with Gasteiger partial charge >= 0.3 is 0 Å². The fourth-order valence-electron chi connectivity index (χ4n) is 8.74. The van der Waals surface area contributed by atoms with E-state index in [9.17, 15) is 43.9 Å². The molecule has 12 aromatic carbocycles. The number of benzene rings is 12. The molecular formula is C84H74Br2Cl2F10. The summed E-state index contributed by atoms with van der Waals surface area (Å²) in [6, 6.07) is 78.5. The van der Waals surface area contributed by atoms with Crippen LogP contribution in [-0.4, -0.2) is 0 Å². The van der Waals surface area contributed by atoms with Crippen molar-refractivity contribution in [2.75, 3.05) is 0 Å². The molecule has 0 aromatic heterocycles. The summed E-state index contributed by atoms with van der Waals surface area (Å²) in [5.74, 6) is -11.7. The first-order valence-corrected chi connectivity index (χ1v) is 33.1. The third-order valence-electron chi connectivity index (χ3n) is 14.7. The Balaban J connectivity index is 0.000000206. The van der Waals surface area contributed by atoms with Crippen LogP contribution in [0.2, 0.25) is 10.0 Å². The second-order valence-corrected chi connectivity index (χ2v) is 26.0. The van der Waals surface area contributed by atoms with E-state index in [1.54, 1.807) is 12.1 Å². The molecule has 0 N–H and O–H groups in total. The van der Waals surface area contributed by atoms with E-state index in [-0.39, 0.29) is 22.4 Å². The second-order valence-electron chi connectivity index (χ2n) is 23.5. The van der Waals surface area contributed by atoms with Crippen LogP contribution in [0.3, 0.4) is 0 Å². The van der Waals surface area contributed by atoms with Gasteiger partial charge in [0.2, 0.25) is 5.82 Å². The first kappa shape index (κ1) is 80.2. The number of halogens is 14. The molecule has 12 rings (SSSR count). The molecule has 0 fully saturated rings. The third-order valence-corrected chi connectivity index (χ3v) is 16.8. The van der Waals surface area contributed by atoms with Gasteiger partial charge in [0.25, 0.3) is 0 Å². The molecule has 0 saturated heterocycles. The van der Waals surface area contributed by atoms with Gasteiger partial charge in [-0.05, 0) is 177 Å². The van der Waals surface area contributed by atoms with Crippen LogP contribution in [0.5, 0.6) is 0 Å². The smallest absolute Gasteiger partial charge is 0.200 e. The van der Waals surface area contributed by atoms with E-state index in [0.29, 0.717) is 15.6 Å². The van der Waals surface area contributed by atoms with E-state index in [2.05, 4.69) is 170 Å². The molecule has 508 valence electrons. The fourth-order valence-corrected chi connectivity index (χ4v) is 11.1. The fraction of sp³-hybridized carbons (Fsp3) is 0.143. The predicted octanol–water partition coefficient (Wildman–Crippen LogP) is 28.1. The van der Waals surface area contributed by atoms with Crippen LogP contribution >= 0.6 is 55.1 Å². The van der Waals surface area contributed by atoms with Gasteiger partial charge in [0.1, 0.15) is 29.1 Å². The van der Waals surface area contributed by atoms with E-state index in [1.165, 1.54) is 101 Å². The summed E-state index contributed by atoms with van der Waals surface area (Å²) in [6.07, 6.45) is 0. The lowest BCUT2D eigenvalue weighted by Crippen LogP contribution is -2.10. The highest BCUT2D eigenvalue weighted by atomic mass is 79.9. The van der Waals surface area contributed by atoms with Crippen molar-refractivity contribution in [2.45, 2.75) is 81.6 Å². The van der Waals surface area contributed by atoms with Gasteiger partial charge < -0.3 is 0 Å². The van der Waals surface area contributed by atoms with Gasteiger partial charge in [-0.2, -0.15) is 0 Å². The van der Waals surface area contributed by atoms with Crippen molar-refractivity contribution in [3.05, 3.63) is 376 Å². The maximum atomic E-state index is 13.3. The first-order valence-electron chi connectivity index (χ1n) is 30.7.